The van der Waals surface area contributed by atoms with Gasteiger partial charge in [-0.05, 0) is 52.4 Å². The van der Waals surface area contributed by atoms with Crippen LogP contribution in [0.25, 0.3) is 0 Å². The predicted molar refractivity (Wildman–Crippen MR) is 86.8 cm³/mol. The summed E-state index contributed by atoms with van der Waals surface area (Å²) in [6.07, 6.45) is 1.02. The normalized spacial score (nSPS) is 12.0. The van der Waals surface area contributed by atoms with Crippen molar-refractivity contribution in [3.05, 3.63) is 27.7 Å². The summed E-state index contributed by atoms with van der Waals surface area (Å²) in [4.78, 5) is 0. The van der Waals surface area contributed by atoms with E-state index in [1.165, 1.54) is 19.8 Å². The third kappa shape index (κ3) is 4.95. The Kier molecular flexibility index (Phi) is 7.13. The van der Waals surface area contributed by atoms with Crippen LogP contribution in [0, 0.1) is 12.8 Å². The molecule has 0 fully saturated rings. The van der Waals surface area contributed by atoms with Crippen molar-refractivity contribution in [2.75, 3.05) is 27.4 Å². The SMILES string of the molecule is COC(CO)(COc1c(C)cc(CC(C)C)cc1Br)OC. The molecule has 0 heterocycles. The molecule has 0 aliphatic carbocycles. The fourth-order valence-corrected chi connectivity index (χ4v) is 2.85. The maximum Gasteiger partial charge on any atom is 0.226 e. The molecule has 1 N–H and O–H groups in total. The van der Waals surface area contributed by atoms with E-state index in [-0.39, 0.29) is 13.2 Å². The molecule has 0 spiro atoms. The van der Waals surface area contributed by atoms with Gasteiger partial charge in [0.15, 0.2) is 0 Å². The molecule has 0 aromatic heterocycles. The summed E-state index contributed by atoms with van der Waals surface area (Å²) in [5.41, 5.74) is 2.31. The third-order valence-electron chi connectivity index (χ3n) is 3.35. The Morgan fingerprint density at radius 2 is 1.86 bits per heavy atom. The highest BCUT2D eigenvalue weighted by molar-refractivity contribution is 9.10. The minimum absolute atomic E-state index is 0.111. The predicted octanol–water partition coefficient (Wildman–Crippen LogP) is 3.32. The lowest BCUT2D eigenvalue weighted by atomic mass is 10.0. The summed E-state index contributed by atoms with van der Waals surface area (Å²) in [6.45, 7) is 6.23. The van der Waals surface area contributed by atoms with Crippen molar-refractivity contribution in [2.24, 2.45) is 5.92 Å². The third-order valence-corrected chi connectivity index (χ3v) is 3.94. The van der Waals surface area contributed by atoms with Crippen LogP contribution in [0.5, 0.6) is 5.75 Å². The van der Waals surface area contributed by atoms with Crippen molar-refractivity contribution in [3.8, 4) is 5.75 Å². The molecule has 4 nitrogen and oxygen atoms in total. The number of halogens is 1. The highest BCUT2D eigenvalue weighted by Crippen LogP contribution is 2.32. The number of ether oxygens (including phenoxy) is 3. The molecule has 21 heavy (non-hydrogen) atoms. The summed E-state index contributed by atoms with van der Waals surface area (Å²) in [7, 11) is 2.97. The molecule has 0 atom stereocenters. The van der Waals surface area contributed by atoms with E-state index in [4.69, 9.17) is 14.2 Å². The largest absolute Gasteiger partial charge is 0.486 e. The topological polar surface area (TPSA) is 47.9 Å². The lowest BCUT2D eigenvalue weighted by Crippen LogP contribution is -2.44. The van der Waals surface area contributed by atoms with Crippen LogP contribution in [0.2, 0.25) is 0 Å². The first-order valence-corrected chi connectivity index (χ1v) is 7.79. The number of rotatable bonds is 8. The first-order chi connectivity index (χ1) is 9.87. The highest BCUT2D eigenvalue weighted by atomic mass is 79.9. The van der Waals surface area contributed by atoms with Gasteiger partial charge in [-0.15, -0.1) is 0 Å². The molecule has 1 aromatic rings. The zero-order chi connectivity index (χ0) is 16.0. The van der Waals surface area contributed by atoms with Crippen molar-refractivity contribution < 1.29 is 19.3 Å². The number of benzene rings is 1. The van der Waals surface area contributed by atoms with Crippen LogP contribution in [0.15, 0.2) is 16.6 Å². The number of hydrogen-bond acceptors (Lipinski definition) is 4. The quantitative estimate of drug-likeness (QED) is 0.722. The van der Waals surface area contributed by atoms with Gasteiger partial charge in [0.05, 0.1) is 4.47 Å². The highest BCUT2D eigenvalue weighted by Gasteiger charge is 2.30. The maximum absolute atomic E-state index is 9.39. The molecule has 0 bridgehead atoms. The Morgan fingerprint density at radius 1 is 1.24 bits per heavy atom. The average molecular weight is 361 g/mol. The van der Waals surface area contributed by atoms with Crippen LogP contribution >= 0.6 is 15.9 Å². The molecule has 120 valence electrons. The van der Waals surface area contributed by atoms with Gasteiger partial charge >= 0.3 is 0 Å². The van der Waals surface area contributed by atoms with Crippen LogP contribution in [-0.4, -0.2) is 38.3 Å². The van der Waals surface area contributed by atoms with Crippen molar-refractivity contribution in [1.82, 2.24) is 0 Å². The van der Waals surface area contributed by atoms with Crippen LogP contribution in [0.1, 0.15) is 25.0 Å². The van der Waals surface area contributed by atoms with E-state index in [0.717, 1.165) is 22.2 Å². The minimum atomic E-state index is -1.14. The van der Waals surface area contributed by atoms with Gasteiger partial charge in [0.1, 0.15) is 19.0 Å². The second-order valence-corrected chi connectivity index (χ2v) is 6.44. The zero-order valence-corrected chi connectivity index (χ0v) is 15.0. The standard InChI is InChI=1S/C16H25BrO4/c1-11(2)6-13-7-12(3)15(14(17)8-13)21-10-16(9-18,19-4)20-5/h7-8,11,18H,6,9-10H2,1-5H3. The smallest absolute Gasteiger partial charge is 0.226 e. The Morgan fingerprint density at radius 3 is 2.29 bits per heavy atom. The molecular formula is C16H25BrO4. The number of aliphatic hydroxyl groups excluding tert-OH is 1. The molecule has 5 heteroatoms. The van der Waals surface area contributed by atoms with Gasteiger partial charge in [-0.2, -0.15) is 0 Å². The van der Waals surface area contributed by atoms with E-state index in [0.29, 0.717) is 5.92 Å². The molecule has 0 saturated carbocycles. The molecule has 0 saturated heterocycles. The molecule has 0 aliphatic rings. The van der Waals surface area contributed by atoms with Crippen LogP contribution in [0.3, 0.4) is 0 Å². The average Bonchev–Trinajstić information content (AvgIpc) is 2.42. The minimum Gasteiger partial charge on any atom is -0.486 e. The summed E-state index contributed by atoms with van der Waals surface area (Å²) >= 11 is 3.55. The first-order valence-electron chi connectivity index (χ1n) is 7.00. The lowest BCUT2D eigenvalue weighted by molar-refractivity contribution is -0.240. The van der Waals surface area contributed by atoms with Gasteiger partial charge in [-0.1, -0.05) is 19.9 Å². The van der Waals surface area contributed by atoms with Gasteiger partial charge in [0, 0.05) is 14.2 Å². The fraction of sp³-hybridized carbons (Fsp3) is 0.625. The number of aryl methyl sites for hydroxylation is 1. The van der Waals surface area contributed by atoms with Gasteiger partial charge in [-0.3, -0.25) is 0 Å². The van der Waals surface area contributed by atoms with E-state index in [1.54, 1.807) is 0 Å². The van der Waals surface area contributed by atoms with E-state index in [1.807, 2.05) is 6.92 Å². The van der Waals surface area contributed by atoms with E-state index in [9.17, 15) is 5.11 Å². The monoisotopic (exact) mass is 360 g/mol. The molecule has 0 amide bonds. The summed E-state index contributed by atoms with van der Waals surface area (Å²) < 4.78 is 17.1. The van der Waals surface area contributed by atoms with Crippen LogP contribution < -0.4 is 4.74 Å². The Labute approximate surface area is 135 Å². The summed E-state index contributed by atoms with van der Waals surface area (Å²) in [5.74, 6) is 0.212. The van der Waals surface area contributed by atoms with Crippen LogP contribution in [-0.2, 0) is 15.9 Å². The zero-order valence-electron chi connectivity index (χ0n) is 13.4. The van der Waals surface area contributed by atoms with E-state index >= 15 is 0 Å². The number of methoxy groups -OCH3 is 2. The molecule has 1 rings (SSSR count). The number of hydrogen-bond donors (Lipinski definition) is 1. The first kappa shape index (κ1) is 18.4. The molecule has 0 radical (unpaired) electrons. The fourth-order valence-electron chi connectivity index (χ4n) is 2.13. The summed E-state index contributed by atoms with van der Waals surface area (Å²) in [6, 6.07) is 4.20. The Hall–Kier alpha value is -0.620. The summed E-state index contributed by atoms with van der Waals surface area (Å²) in [5, 5.41) is 9.39. The Balaban J connectivity index is 2.89. The molecule has 0 unspecified atom stereocenters. The van der Waals surface area contributed by atoms with E-state index < -0.39 is 5.79 Å². The van der Waals surface area contributed by atoms with Crippen molar-refractivity contribution in [2.45, 2.75) is 33.0 Å². The maximum atomic E-state index is 9.39. The van der Waals surface area contributed by atoms with Gasteiger partial charge < -0.3 is 19.3 Å². The second kappa shape index (κ2) is 8.13. The van der Waals surface area contributed by atoms with Gasteiger partial charge in [0.2, 0.25) is 5.79 Å². The lowest BCUT2D eigenvalue weighted by Gasteiger charge is -2.29. The van der Waals surface area contributed by atoms with Gasteiger partial charge in [0.25, 0.3) is 0 Å². The van der Waals surface area contributed by atoms with Crippen LogP contribution in [0.4, 0.5) is 0 Å². The second-order valence-electron chi connectivity index (χ2n) is 5.59. The molecular weight excluding hydrogens is 336 g/mol. The van der Waals surface area contributed by atoms with Crippen molar-refractivity contribution in [3.63, 3.8) is 0 Å². The van der Waals surface area contributed by atoms with Crippen molar-refractivity contribution in [1.29, 1.82) is 0 Å². The number of aliphatic hydroxyl groups is 1. The van der Waals surface area contributed by atoms with E-state index in [2.05, 4.69) is 41.9 Å². The molecule has 1 aromatic carbocycles. The Bertz CT molecular complexity index is 424. The molecule has 0 aliphatic heterocycles. The van der Waals surface area contributed by atoms with Crippen molar-refractivity contribution >= 4 is 15.9 Å². The van der Waals surface area contributed by atoms with Gasteiger partial charge in [-0.25, -0.2) is 0 Å².